The predicted molar refractivity (Wildman–Crippen MR) is 125 cm³/mol. The maximum Gasteiger partial charge on any atom is 0.261 e. The molecule has 6 heteroatoms. The zero-order chi connectivity index (χ0) is 22.9. The Kier molecular flexibility index (Phi) is 8.54. The van der Waals surface area contributed by atoms with Gasteiger partial charge in [-0.15, -0.1) is 0 Å². The van der Waals surface area contributed by atoms with Crippen molar-refractivity contribution in [1.82, 2.24) is 10.2 Å². The van der Waals surface area contributed by atoms with Gasteiger partial charge in [-0.25, -0.2) is 0 Å². The molecule has 172 valence electrons. The average Bonchev–Trinajstić information content (AvgIpc) is 3.31. The van der Waals surface area contributed by atoms with E-state index in [1.807, 2.05) is 62.4 Å². The van der Waals surface area contributed by atoms with Crippen LogP contribution in [-0.4, -0.2) is 42.5 Å². The van der Waals surface area contributed by atoms with Gasteiger partial charge in [0.2, 0.25) is 5.91 Å². The van der Waals surface area contributed by atoms with Crippen LogP contribution in [0.4, 0.5) is 0 Å². The molecule has 0 spiro atoms. The molecule has 0 aliphatic heterocycles. The number of carbonyl (C=O) groups is 2. The molecule has 0 bridgehead atoms. The smallest absolute Gasteiger partial charge is 0.261 e. The molecular weight excluding hydrogens is 404 g/mol. The van der Waals surface area contributed by atoms with Crippen LogP contribution >= 0.6 is 0 Å². The second-order valence-electron chi connectivity index (χ2n) is 8.34. The van der Waals surface area contributed by atoms with Crippen molar-refractivity contribution >= 4 is 11.8 Å². The summed E-state index contributed by atoms with van der Waals surface area (Å²) in [6.45, 7) is 4.07. The highest BCUT2D eigenvalue weighted by Gasteiger charge is 2.31. The van der Waals surface area contributed by atoms with Gasteiger partial charge in [-0.2, -0.15) is 0 Å². The Morgan fingerprint density at radius 2 is 1.88 bits per heavy atom. The number of benzene rings is 2. The molecule has 0 saturated heterocycles. The maximum atomic E-state index is 13.3. The SMILES string of the molecule is CCC(C(=O)NC1CCCC1)N(Cc1cccc(OC)c1)C(=O)COc1ccccc1C. The molecule has 0 heterocycles. The van der Waals surface area contributed by atoms with Gasteiger partial charge in [0.15, 0.2) is 6.61 Å². The fourth-order valence-corrected chi connectivity index (χ4v) is 4.20. The summed E-state index contributed by atoms with van der Waals surface area (Å²) in [5, 5.41) is 3.16. The summed E-state index contributed by atoms with van der Waals surface area (Å²) in [6.07, 6.45) is 4.81. The first kappa shape index (κ1) is 23.6. The molecule has 1 aliphatic rings. The first-order valence-corrected chi connectivity index (χ1v) is 11.4. The Balaban J connectivity index is 1.78. The summed E-state index contributed by atoms with van der Waals surface area (Å²) in [6, 6.07) is 14.8. The van der Waals surface area contributed by atoms with Gasteiger partial charge in [-0.05, 0) is 55.5 Å². The fraction of sp³-hybridized carbons (Fsp3) is 0.462. The van der Waals surface area contributed by atoms with Crippen LogP contribution in [0, 0.1) is 6.92 Å². The number of amides is 2. The van der Waals surface area contributed by atoms with Crippen molar-refractivity contribution in [3.63, 3.8) is 0 Å². The Morgan fingerprint density at radius 3 is 2.56 bits per heavy atom. The quantitative estimate of drug-likeness (QED) is 0.602. The lowest BCUT2D eigenvalue weighted by atomic mass is 10.1. The topological polar surface area (TPSA) is 67.9 Å². The number of nitrogens with zero attached hydrogens (tertiary/aromatic N) is 1. The minimum Gasteiger partial charge on any atom is -0.497 e. The molecule has 2 amide bonds. The van der Waals surface area contributed by atoms with Crippen molar-refractivity contribution in [3.05, 3.63) is 59.7 Å². The predicted octanol–water partition coefficient (Wildman–Crippen LogP) is 4.25. The lowest BCUT2D eigenvalue weighted by Gasteiger charge is -2.31. The highest BCUT2D eigenvalue weighted by Crippen LogP contribution is 2.21. The van der Waals surface area contributed by atoms with Crippen molar-refractivity contribution in [2.45, 2.75) is 64.6 Å². The molecule has 1 atom stereocenters. The van der Waals surface area contributed by atoms with Gasteiger partial charge in [-0.1, -0.05) is 50.1 Å². The lowest BCUT2D eigenvalue weighted by Crippen LogP contribution is -2.52. The van der Waals surface area contributed by atoms with Gasteiger partial charge in [0, 0.05) is 12.6 Å². The summed E-state index contributed by atoms with van der Waals surface area (Å²) in [7, 11) is 1.61. The summed E-state index contributed by atoms with van der Waals surface area (Å²) in [5.41, 5.74) is 1.87. The van der Waals surface area contributed by atoms with Crippen molar-refractivity contribution in [2.75, 3.05) is 13.7 Å². The average molecular weight is 439 g/mol. The van der Waals surface area contributed by atoms with Gasteiger partial charge in [0.1, 0.15) is 17.5 Å². The van der Waals surface area contributed by atoms with Crippen LogP contribution in [0.5, 0.6) is 11.5 Å². The molecule has 0 radical (unpaired) electrons. The van der Waals surface area contributed by atoms with Gasteiger partial charge >= 0.3 is 0 Å². The maximum absolute atomic E-state index is 13.3. The van der Waals surface area contributed by atoms with Crippen molar-refractivity contribution in [1.29, 1.82) is 0 Å². The number of rotatable bonds is 10. The Morgan fingerprint density at radius 1 is 1.12 bits per heavy atom. The third kappa shape index (κ3) is 6.25. The molecule has 2 aromatic carbocycles. The first-order valence-electron chi connectivity index (χ1n) is 11.4. The molecule has 0 aromatic heterocycles. The molecule has 1 N–H and O–H groups in total. The minimum atomic E-state index is -0.560. The zero-order valence-electron chi connectivity index (χ0n) is 19.3. The van der Waals surface area contributed by atoms with E-state index < -0.39 is 6.04 Å². The van der Waals surface area contributed by atoms with Gasteiger partial charge in [0.05, 0.1) is 7.11 Å². The Hall–Kier alpha value is -3.02. The van der Waals surface area contributed by atoms with Crippen molar-refractivity contribution < 1.29 is 19.1 Å². The second-order valence-corrected chi connectivity index (χ2v) is 8.34. The molecule has 2 aromatic rings. The lowest BCUT2D eigenvalue weighted by molar-refractivity contribution is -0.143. The number of aryl methyl sites for hydroxylation is 1. The van der Waals surface area contributed by atoms with Crippen molar-refractivity contribution in [3.8, 4) is 11.5 Å². The second kappa shape index (κ2) is 11.6. The molecule has 32 heavy (non-hydrogen) atoms. The summed E-state index contributed by atoms with van der Waals surface area (Å²) in [4.78, 5) is 28.1. The summed E-state index contributed by atoms with van der Waals surface area (Å²) in [5.74, 6) is 1.08. The molecule has 1 unspecified atom stereocenters. The number of methoxy groups -OCH3 is 1. The number of para-hydroxylation sites is 1. The highest BCUT2D eigenvalue weighted by molar-refractivity contribution is 5.88. The van der Waals surface area contributed by atoms with Crippen LogP contribution in [0.2, 0.25) is 0 Å². The van der Waals surface area contributed by atoms with E-state index in [-0.39, 0.29) is 24.5 Å². The van der Waals surface area contributed by atoms with Crippen molar-refractivity contribution in [2.24, 2.45) is 0 Å². The van der Waals surface area contributed by atoms with Crippen LogP contribution in [0.1, 0.15) is 50.2 Å². The van der Waals surface area contributed by atoms with Crippen LogP contribution in [0.25, 0.3) is 0 Å². The highest BCUT2D eigenvalue weighted by atomic mass is 16.5. The van der Waals surface area contributed by atoms with E-state index >= 15 is 0 Å². The molecule has 6 nitrogen and oxygen atoms in total. The van der Waals surface area contributed by atoms with E-state index in [0.717, 1.165) is 42.6 Å². The number of carbonyl (C=O) groups excluding carboxylic acids is 2. The van der Waals surface area contributed by atoms with E-state index in [9.17, 15) is 9.59 Å². The van der Waals surface area contributed by atoms with E-state index in [2.05, 4.69) is 5.32 Å². The number of hydrogen-bond donors (Lipinski definition) is 1. The van der Waals surface area contributed by atoms with E-state index in [1.54, 1.807) is 12.0 Å². The molecule has 1 fully saturated rings. The summed E-state index contributed by atoms with van der Waals surface area (Å²) >= 11 is 0. The zero-order valence-corrected chi connectivity index (χ0v) is 19.3. The van der Waals surface area contributed by atoms with Crippen LogP contribution in [-0.2, 0) is 16.1 Å². The fourth-order valence-electron chi connectivity index (χ4n) is 4.20. The monoisotopic (exact) mass is 438 g/mol. The van der Waals surface area contributed by atoms with Crippen LogP contribution < -0.4 is 14.8 Å². The number of ether oxygens (including phenoxy) is 2. The third-order valence-corrected chi connectivity index (χ3v) is 6.02. The number of hydrogen-bond acceptors (Lipinski definition) is 4. The van der Waals surface area contributed by atoms with Crippen LogP contribution in [0.3, 0.4) is 0 Å². The Labute approximate surface area is 190 Å². The largest absolute Gasteiger partial charge is 0.497 e. The van der Waals surface area contributed by atoms with E-state index in [4.69, 9.17) is 9.47 Å². The number of nitrogens with one attached hydrogen (secondary N) is 1. The minimum absolute atomic E-state index is 0.0912. The molecule has 3 rings (SSSR count). The molecular formula is C26H34N2O4. The standard InChI is InChI=1S/C26H34N2O4/c1-4-23(26(30)27-21-12-6-7-13-21)28(17-20-11-9-14-22(16-20)31-3)25(29)18-32-24-15-8-5-10-19(24)2/h5,8-11,14-16,21,23H,4,6-7,12-13,17-18H2,1-3H3,(H,27,30). The summed E-state index contributed by atoms with van der Waals surface area (Å²) < 4.78 is 11.2. The normalized spacial score (nSPS) is 14.6. The van der Waals surface area contributed by atoms with Gasteiger partial charge in [-0.3, -0.25) is 9.59 Å². The van der Waals surface area contributed by atoms with Gasteiger partial charge in [0.25, 0.3) is 5.91 Å². The Bertz CT molecular complexity index is 908. The van der Waals surface area contributed by atoms with E-state index in [1.165, 1.54) is 0 Å². The first-order chi connectivity index (χ1) is 15.5. The van der Waals surface area contributed by atoms with E-state index in [0.29, 0.717) is 18.7 Å². The molecule has 1 saturated carbocycles. The van der Waals surface area contributed by atoms with Gasteiger partial charge < -0.3 is 19.7 Å². The molecule has 1 aliphatic carbocycles. The third-order valence-electron chi connectivity index (χ3n) is 6.02. The van der Waals surface area contributed by atoms with Crippen LogP contribution in [0.15, 0.2) is 48.5 Å².